The van der Waals surface area contributed by atoms with Crippen LogP contribution < -0.4 is 4.90 Å². The van der Waals surface area contributed by atoms with E-state index in [0.717, 1.165) is 40.0 Å². The molecular formula is C21H19NO. The Morgan fingerprint density at radius 2 is 1.13 bits per heavy atom. The SMILES string of the molecule is Cc1cc(N(c2ccccc2)c2ccccc2)cc(C)c1C=O. The zero-order chi connectivity index (χ0) is 16.2. The van der Waals surface area contributed by atoms with Crippen LogP contribution in [0.25, 0.3) is 0 Å². The number of aryl methyl sites for hydroxylation is 2. The van der Waals surface area contributed by atoms with E-state index >= 15 is 0 Å². The van der Waals surface area contributed by atoms with E-state index in [1.165, 1.54) is 0 Å². The average Bonchev–Trinajstić information content (AvgIpc) is 2.57. The summed E-state index contributed by atoms with van der Waals surface area (Å²) < 4.78 is 0. The van der Waals surface area contributed by atoms with Crippen LogP contribution in [0.5, 0.6) is 0 Å². The van der Waals surface area contributed by atoms with Crippen molar-refractivity contribution in [3.05, 3.63) is 89.5 Å². The molecule has 0 saturated heterocycles. The van der Waals surface area contributed by atoms with Crippen LogP contribution in [0, 0.1) is 13.8 Å². The molecule has 0 radical (unpaired) electrons. The molecule has 0 aliphatic carbocycles. The standard InChI is InChI=1S/C21H19NO/c1-16-13-20(14-17(2)21(16)15-23)22(18-9-5-3-6-10-18)19-11-7-4-8-12-19/h3-15H,1-2H3. The van der Waals surface area contributed by atoms with Crippen LogP contribution in [-0.4, -0.2) is 6.29 Å². The highest BCUT2D eigenvalue weighted by Gasteiger charge is 2.14. The maximum atomic E-state index is 11.3. The van der Waals surface area contributed by atoms with Gasteiger partial charge in [-0.1, -0.05) is 36.4 Å². The largest absolute Gasteiger partial charge is 0.310 e. The van der Waals surface area contributed by atoms with Gasteiger partial charge in [-0.05, 0) is 61.4 Å². The topological polar surface area (TPSA) is 20.3 Å². The zero-order valence-corrected chi connectivity index (χ0v) is 13.4. The van der Waals surface area contributed by atoms with E-state index in [0.29, 0.717) is 0 Å². The fourth-order valence-corrected chi connectivity index (χ4v) is 2.87. The van der Waals surface area contributed by atoms with Crippen LogP contribution in [0.3, 0.4) is 0 Å². The Kier molecular flexibility index (Phi) is 4.24. The Labute approximate surface area is 137 Å². The molecule has 0 aliphatic rings. The molecule has 3 rings (SSSR count). The van der Waals surface area contributed by atoms with Crippen molar-refractivity contribution in [3.63, 3.8) is 0 Å². The molecule has 0 atom stereocenters. The first-order valence-electron chi connectivity index (χ1n) is 7.67. The summed E-state index contributed by atoms with van der Waals surface area (Å²) in [6.45, 7) is 3.96. The summed E-state index contributed by atoms with van der Waals surface area (Å²) in [5, 5.41) is 0. The molecule has 2 nitrogen and oxygen atoms in total. The van der Waals surface area contributed by atoms with Gasteiger partial charge in [-0.3, -0.25) is 4.79 Å². The van der Waals surface area contributed by atoms with Crippen LogP contribution in [-0.2, 0) is 0 Å². The van der Waals surface area contributed by atoms with Crippen molar-refractivity contribution < 1.29 is 4.79 Å². The Balaban J connectivity index is 2.19. The van der Waals surface area contributed by atoms with Gasteiger partial charge in [0.25, 0.3) is 0 Å². The predicted octanol–water partition coefficient (Wildman–Crippen LogP) is 5.59. The number of carbonyl (C=O) groups excluding carboxylic acids is 1. The molecule has 0 unspecified atom stereocenters. The summed E-state index contributed by atoms with van der Waals surface area (Å²) in [5.74, 6) is 0. The third kappa shape index (κ3) is 3.02. The van der Waals surface area contributed by atoms with E-state index in [2.05, 4.69) is 41.3 Å². The van der Waals surface area contributed by atoms with E-state index in [1.54, 1.807) is 0 Å². The Morgan fingerprint density at radius 1 is 0.696 bits per heavy atom. The van der Waals surface area contributed by atoms with Crippen LogP contribution in [0.1, 0.15) is 21.5 Å². The molecule has 0 saturated carbocycles. The number of aldehydes is 1. The summed E-state index contributed by atoms with van der Waals surface area (Å²) in [6, 6.07) is 24.6. The van der Waals surface area contributed by atoms with Gasteiger partial charge >= 0.3 is 0 Å². The summed E-state index contributed by atoms with van der Waals surface area (Å²) in [5.41, 5.74) is 6.00. The van der Waals surface area contributed by atoms with Crippen molar-refractivity contribution in [2.24, 2.45) is 0 Å². The average molecular weight is 301 g/mol. The van der Waals surface area contributed by atoms with Crippen LogP contribution in [0.2, 0.25) is 0 Å². The summed E-state index contributed by atoms with van der Waals surface area (Å²) in [4.78, 5) is 13.5. The van der Waals surface area contributed by atoms with Crippen molar-refractivity contribution in [2.45, 2.75) is 13.8 Å². The third-order valence-corrected chi connectivity index (χ3v) is 3.98. The molecule has 3 aromatic carbocycles. The Bertz CT molecular complexity index is 747. The molecule has 0 fully saturated rings. The molecule has 0 spiro atoms. The molecule has 2 heteroatoms. The maximum absolute atomic E-state index is 11.3. The minimum Gasteiger partial charge on any atom is -0.310 e. The molecule has 0 N–H and O–H groups in total. The molecule has 0 aromatic heterocycles. The molecular weight excluding hydrogens is 282 g/mol. The number of rotatable bonds is 4. The molecule has 0 bridgehead atoms. The van der Waals surface area contributed by atoms with Gasteiger partial charge in [0.1, 0.15) is 0 Å². The van der Waals surface area contributed by atoms with E-state index in [4.69, 9.17) is 0 Å². The highest BCUT2D eigenvalue weighted by atomic mass is 16.1. The number of hydrogen-bond donors (Lipinski definition) is 0. The molecule has 23 heavy (non-hydrogen) atoms. The minimum absolute atomic E-state index is 0.773. The lowest BCUT2D eigenvalue weighted by atomic mass is 10.0. The molecule has 0 heterocycles. The predicted molar refractivity (Wildman–Crippen MR) is 96.0 cm³/mol. The van der Waals surface area contributed by atoms with Crippen molar-refractivity contribution in [1.82, 2.24) is 0 Å². The number of para-hydroxylation sites is 2. The van der Waals surface area contributed by atoms with Crippen LogP contribution in [0.4, 0.5) is 17.1 Å². The van der Waals surface area contributed by atoms with Gasteiger partial charge in [-0.2, -0.15) is 0 Å². The monoisotopic (exact) mass is 301 g/mol. The second-order valence-corrected chi connectivity index (χ2v) is 5.62. The van der Waals surface area contributed by atoms with E-state index < -0.39 is 0 Å². The maximum Gasteiger partial charge on any atom is 0.150 e. The summed E-state index contributed by atoms with van der Waals surface area (Å²) in [7, 11) is 0. The molecule has 0 amide bonds. The van der Waals surface area contributed by atoms with Gasteiger partial charge in [-0.15, -0.1) is 0 Å². The van der Waals surface area contributed by atoms with Gasteiger partial charge in [0.15, 0.2) is 6.29 Å². The molecule has 3 aromatic rings. The van der Waals surface area contributed by atoms with E-state index in [1.807, 2.05) is 50.2 Å². The smallest absolute Gasteiger partial charge is 0.150 e. The lowest BCUT2D eigenvalue weighted by molar-refractivity contribution is 0.112. The third-order valence-electron chi connectivity index (χ3n) is 3.98. The van der Waals surface area contributed by atoms with Gasteiger partial charge in [-0.25, -0.2) is 0 Å². The first kappa shape index (κ1) is 15.0. The first-order chi connectivity index (χ1) is 11.2. The second kappa shape index (κ2) is 6.49. The van der Waals surface area contributed by atoms with Crippen molar-refractivity contribution >= 4 is 23.3 Å². The highest BCUT2D eigenvalue weighted by Crippen LogP contribution is 2.35. The summed E-state index contributed by atoms with van der Waals surface area (Å²) in [6.07, 6.45) is 0.934. The van der Waals surface area contributed by atoms with Crippen molar-refractivity contribution in [1.29, 1.82) is 0 Å². The van der Waals surface area contributed by atoms with Gasteiger partial charge in [0.05, 0.1) is 0 Å². The fourth-order valence-electron chi connectivity index (χ4n) is 2.87. The number of anilines is 3. The first-order valence-corrected chi connectivity index (χ1v) is 7.67. The van der Waals surface area contributed by atoms with Crippen molar-refractivity contribution in [3.8, 4) is 0 Å². The van der Waals surface area contributed by atoms with Crippen molar-refractivity contribution in [2.75, 3.05) is 4.90 Å². The highest BCUT2D eigenvalue weighted by molar-refractivity contribution is 5.84. The summed E-state index contributed by atoms with van der Waals surface area (Å²) >= 11 is 0. The zero-order valence-electron chi connectivity index (χ0n) is 13.4. The Morgan fingerprint density at radius 3 is 1.52 bits per heavy atom. The van der Waals surface area contributed by atoms with Gasteiger partial charge < -0.3 is 4.90 Å². The van der Waals surface area contributed by atoms with Gasteiger partial charge in [0, 0.05) is 22.6 Å². The minimum atomic E-state index is 0.773. The van der Waals surface area contributed by atoms with Crippen LogP contribution >= 0.6 is 0 Å². The second-order valence-electron chi connectivity index (χ2n) is 5.62. The lowest BCUT2D eigenvalue weighted by Crippen LogP contribution is -2.10. The van der Waals surface area contributed by atoms with E-state index in [9.17, 15) is 4.79 Å². The van der Waals surface area contributed by atoms with E-state index in [-0.39, 0.29) is 0 Å². The van der Waals surface area contributed by atoms with Gasteiger partial charge in [0.2, 0.25) is 0 Å². The normalized spacial score (nSPS) is 10.3. The van der Waals surface area contributed by atoms with Crippen LogP contribution in [0.15, 0.2) is 72.8 Å². The molecule has 114 valence electrons. The number of benzene rings is 3. The number of carbonyl (C=O) groups is 1. The fraction of sp³-hybridized carbons (Fsp3) is 0.0952. The Hall–Kier alpha value is -2.87. The number of hydrogen-bond acceptors (Lipinski definition) is 2. The number of nitrogens with zero attached hydrogens (tertiary/aromatic N) is 1. The quantitative estimate of drug-likeness (QED) is 0.586. The lowest BCUT2D eigenvalue weighted by Gasteiger charge is -2.26. The molecule has 0 aliphatic heterocycles.